The zero-order chi connectivity index (χ0) is 13.1. The minimum atomic E-state index is -1.10. The van der Waals surface area contributed by atoms with Gasteiger partial charge in [0.15, 0.2) is 5.82 Å². The third-order valence-electron chi connectivity index (χ3n) is 2.18. The first-order valence-electron chi connectivity index (χ1n) is 5.02. The molecule has 0 spiro atoms. The Morgan fingerprint density at radius 1 is 1.39 bits per heavy atom. The van der Waals surface area contributed by atoms with Crippen molar-refractivity contribution in [2.45, 2.75) is 12.8 Å². The van der Waals surface area contributed by atoms with Gasteiger partial charge in [0.25, 0.3) is 0 Å². The van der Waals surface area contributed by atoms with Crippen LogP contribution in [0.4, 0.5) is 8.78 Å². The van der Waals surface area contributed by atoms with E-state index in [-0.39, 0.29) is 30.1 Å². The quantitative estimate of drug-likeness (QED) is 0.896. The first kappa shape index (κ1) is 12.2. The third kappa shape index (κ3) is 2.88. The van der Waals surface area contributed by atoms with Crippen LogP contribution in [0, 0.1) is 11.6 Å². The highest BCUT2D eigenvalue weighted by molar-refractivity contribution is 5.68. The Kier molecular flexibility index (Phi) is 3.31. The van der Waals surface area contributed by atoms with Gasteiger partial charge in [-0.2, -0.15) is 4.98 Å². The maximum atomic E-state index is 13.3. The lowest BCUT2D eigenvalue weighted by atomic mass is 10.1. The highest BCUT2D eigenvalue weighted by Gasteiger charge is 2.12. The number of rotatable bonds is 4. The molecule has 1 heterocycles. The lowest BCUT2D eigenvalue weighted by molar-refractivity contribution is -0.136. The molecule has 18 heavy (non-hydrogen) atoms. The molecule has 0 bridgehead atoms. The summed E-state index contributed by atoms with van der Waals surface area (Å²) in [6, 6.07) is 3.15. The largest absolute Gasteiger partial charge is 0.481 e. The highest BCUT2D eigenvalue weighted by atomic mass is 19.1. The maximum Gasteiger partial charge on any atom is 0.312 e. The van der Waals surface area contributed by atoms with Crippen molar-refractivity contribution in [2.24, 2.45) is 0 Å². The Bertz CT molecular complexity index is 583. The van der Waals surface area contributed by atoms with Crippen molar-refractivity contribution >= 4 is 5.97 Å². The number of carbonyl (C=O) groups is 1. The first-order valence-corrected chi connectivity index (χ1v) is 5.02. The van der Waals surface area contributed by atoms with Crippen LogP contribution in [0.5, 0.6) is 0 Å². The summed E-state index contributed by atoms with van der Waals surface area (Å²) >= 11 is 0. The molecule has 7 heteroatoms. The predicted molar refractivity (Wildman–Crippen MR) is 54.8 cm³/mol. The van der Waals surface area contributed by atoms with Crippen molar-refractivity contribution in [1.82, 2.24) is 10.1 Å². The number of carboxylic acids is 1. The van der Waals surface area contributed by atoms with Gasteiger partial charge < -0.3 is 9.63 Å². The Morgan fingerprint density at radius 3 is 2.83 bits per heavy atom. The van der Waals surface area contributed by atoms with Gasteiger partial charge in [0.2, 0.25) is 5.89 Å². The molecule has 0 radical (unpaired) electrons. The molecule has 1 aromatic carbocycles. The minimum absolute atomic E-state index is 0.00916. The molecule has 2 rings (SSSR count). The van der Waals surface area contributed by atoms with E-state index in [0.717, 1.165) is 12.1 Å². The number of halogens is 2. The Labute approximate surface area is 100 Å². The van der Waals surface area contributed by atoms with Crippen LogP contribution in [-0.2, 0) is 17.6 Å². The summed E-state index contributed by atoms with van der Waals surface area (Å²) < 4.78 is 30.7. The molecule has 1 aromatic heterocycles. The lowest BCUT2D eigenvalue weighted by Crippen LogP contribution is -2.00. The fourth-order valence-corrected chi connectivity index (χ4v) is 1.40. The van der Waals surface area contributed by atoms with Crippen molar-refractivity contribution in [2.75, 3.05) is 0 Å². The summed E-state index contributed by atoms with van der Waals surface area (Å²) in [5.74, 6) is -2.38. The van der Waals surface area contributed by atoms with E-state index in [4.69, 9.17) is 5.11 Å². The van der Waals surface area contributed by atoms with Crippen molar-refractivity contribution in [3.8, 4) is 0 Å². The molecule has 2 aromatic rings. The fourth-order valence-electron chi connectivity index (χ4n) is 1.40. The van der Waals surface area contributed by atoms with E-state index in [1.165, 1.54) is 6.07 Å². The van der Waals surface area contributed by atoms with E-state index in [2.05, 4.69) is 14.7 Å². The molecule has 0 aliphatic rings. The van der Waals surface area contributed by atoms with Crippen LogP contribution in [0.2, 0.25) is 0 Å². The second kappa shape index (κ2) is 4.91. The summed E-state index contributed by atoms with van der Waals surface area (Å²) in [4.78, 5) is 14.2. The molecule has 0 saturated carbocycles. The molecule has 5 nitrogen and oxygen atoms in total. The van der Waals surface area contributed by atoms with E-state index in [1.54, 1.807) is 0 Å². The van der Waals surface area contributed by atoms with Gasteiger partial charge in [0.1, 0.15) is 18.1 Å². The summed E-state index contributed by atoms with van der Waals surface area (Å²) in [6.45, 7) is 0. The molecule has 0 atom stereocenters. The number of aliphatic carboxylic acids is 1. The van der Waals surface area contributed by atoms with Gasteiger partial charge in [-0.15, -0.1) is 0 Å². The van der Waals surface area contributed by atoms with Gasteiger partial charge in [0.05, 0.1) is 0 Å². The average Bonchev–Trinajstić information content (AvgIpc) is 2.69. The summed E-state index contributed by atoms with van der Waals surface area (Å²) in [5.41, 5.74) is 0.207. The molecule has 0 unspecified atom stereocenters. The standard InChI is InChI=1S/C11H8F2N2O3/c12-7-2-1-6(8(13)4-7)3-9-14-10(18-15-9)5-11(16)17/h1-2,4H,3,5H2,(H,16,17). The van der Waals surface area contributed by atoms with Crippen molar-refractivity contribution in [1.29, 1.82) is 0 Å². The minimum Gasteiger partial charge on any atom is -0.481 e. The summed E-state index contributed by atoms with van der Waals surface area (Å²) in [6.07, 6.45) is -0.381. The Balaban J connectivity index is 2.13. The predicted octanol–water partition coefficient (Wildman–Crippen LogP) is 1.57. The van der Waals surface area contributed by atoms with Crippen LogP contribution < -0.4 is 0 Å². The van der Waals surface area contributed by atoms with Crippen molar-refractivity contribution in [3.63, 3.8) is 0 Å². The normalized spacial score (nSPS) is 10.6. The second-order valence-corrected chi connectivity index (χ2v) is 3.59. The average molecular weight is 254 g/mol. The van der Waals surface area contributed by atoms with Crippen molar-refractivity contribution in [3.05, 3.63) is 47.1 Å². The second-order valence-electron chi connectivity index (χ2n) is 3.59. The molecular weight excluding hydrogens is 246 g/mol. The van der Waals surface area contributed by atoms with Gasteiger partial charge in [-0.1, -0.05) is 11.2 Å². The van der Waals surface area contributed by atoms with Crippen LogP contribution in [0.3, 0.4) is 0 Å². The zero-order valence-electron chi connectivity index (χ0n) is 9.06. The van der Waals surface area contributed by atoms with Gasteiger partial charge in [-0.05, 0) is 11.6 Å². The molecular formula is C11H8F2N2O3. The molecule has 0 aliphatic heterocycles. The molecule has 0 amide bonds. The monoisotopic (exact) mass is 254 g/mol. The van der Waals surface area contributed by atoms with Crippen LogP contribution >= 0.6 is 0 Å². The van der Waals surface area contributed by atoms with Gasteiger partial charge in [-0.25, -0.2) is 8.78 Å². The topological polar surface area (TPSA) is 76.2 Å². The lowest BCUT2D eigenvalue weighted by Gasteiger charge is -1.98. The molecule has 0 fully saturated rings. The summed E-state index contributed by atoms with van der Waals surface area (Å²) in [7, 11) is 0. The first-order chi connectivity index (χ1) is 8.54. The molecule has 0 saturated heterocycles. The van der Waals surface area contributed by atoms with E-state index in [1.807, 2.05) is 0 Å². The van der Waals surface area contributed by atoms with Crippen molar-refractivity contribution < 1.29 is 23.2 Å². The van der Waals surface area contributed by atoms with E-state index in [0.29, 0.717) is 0 Å². The number of aromatic nitrogens is 2. The molecule has 0 aliphatic carbocycles. The van der Waals surface area contributed by atoms with Crippen LogP contribution in [0.15, 0.2) is 22.7 Å². The maximum absolute atomic E-state index is 13.3. The Morgan fingerprint density at radius 2 is 2.17 bits per heavy atom. The number of hydrogen-bond acceptors (Lipinski definition) is 4. The Hall–Kier alpha value is -2.31. The van der Waals surface area contributed by atoms with E-state index < -0.39 is 17.6 Å². The fraction of sp³-hybridized carbons (Fsp3) is 0.182. The van der Waals surface area contributed by atoms with Gasteiger partial charge >= 0.3 is 5.97 Å². The number of benzene rings is 1. The number of carboxylic acid groups (broad SMARTS) is 1. The van der Waals surface area contributed by atoms with E-state index >= 15 is 0 Å². The van der Waals surface area contributed by atoms with Gasteiger partial charge in [-0.3, -0.25) is 4.79 Å². The molecule has 1 N–H and O–H groups in total. The van der Waals surface area contributed by atoms with Gasteiger partial charge in [0, 0.05) is 12.5 Å². The van der Waals surface area contributed by atoms with Crippen LogP contribution in [-0.4, -0.2) is 21.2 Å². The SMILES string of the molecule is O=C(O)Cc1nc(Cc2ccc(F)cc2F)no1. The van der Waals surface area contributed by atoms with E-state index in [9.17, 15) is 13.6 Å². The third-order valence-corrected chi connectivity index (χ3v) is 2.18. The molecule has 94 valence electrons. The highest BCUT2D eigenvalue weighted by Crippen LogP contribution is 2.13. The zero-order valence-corrected chi connectivity index (χ0v) is 9.06. The number of hydrogen-bond donors (Lipinski definition) is 1. The number of nitrogens with zero attached hydrogens (tertiary/aromatic N) is 2. The van der Waals surface area contributed by atoms with Crippen LogP contribution in [0.1, 0.15) is 17.3 Å². The summed E-state index contributed by atoms with van der Waals surface area (Å²) in [5, 5.41) is 12.0. The van der Waals surface area contributed by atoms with Crippen LogP contribution in [0.25, 0.3) is 0 Å². The smallest absolute Gasteiger partial charge is 0.312 e.